The monoisotopic (exact) mass is 170 g/mol. The van der Waals surface area contributed by atoms with Crippen LogP contribution in [0.15, 0.2) is 29.2 Å². The Balaban J connectivity index is 2.42. The van der Waals surface area contributed by atoms with Gasteiger partial charge in [0.05, 0.1) is 5.69 Å². The lowest BCUT2D eigenvalue weighted by atomic mass is 10.3. The van der Waals surface area contributed by atoms with E-state index < -0.39 is 0 Å². The summed E-state index contributed by atoms with van der Waals surface area (Å²) in [6.07, 6.45) is 0. The van der Waals surface area contributed by atoms with Crippen molar-refractivity contribution in [2.45, 2.75) is 4.90 Å². The Labute approximate surface area is 68.8 Å². The minimum absolute atomic E-state index is 0.737. The zero-order valence-corrected chi connectivity index (χ0v) is 6.67. The molecule has 0 saturated carbocycles. The second-order valence-corrected chi connectivity index (χ2v) is 3.65. The molecule has 0 bridgehead atoms. The van der Waals surface area contributed by atoms with Gasteiger partial charge >= 0.3 is 0 Å². The molecule has 0 saturated heterocycles. The Hall–Kier alpha value is -0.340. The molecule has 1 nitrogen and oxygen atoms in total. The van der Waals surface area contributed by atoms with Gasteiger partial charge in [0, 0.05) is 4.90 Å². The lowest BCUT2D eigenvalue weighted by Gasteiger charge is -1.95. The second-order valence-electron chi connectivity index (χ2n) is 2.00. The van der Waals surface area contributed by atoms with Crippen molar-refractivity contribution in [1.29, 1.82) is 0 Å². The van der Waals surface area contributed by atoms with Crippen molar-refractivity contribution >= 4 is 29.1 Å². The SMILES string of the molecule is Cl[C]1Nc2ccccc2S1. The molecule has 0 aromatic heterocycles. The Bertz CT molecular complexity index is 226. The van der Waals surface area contributed by atoms with Crippen LogP contribution in [0.4, 0.5) is 5.69 Å². The summed E-state index contributed by atoms with van der Waals surface area (Å²) in [5.74, 6) is 0. The molecule has 1 radical (unpaired) electrons. The van der Waals surface area contributed by atoms with Crippen LogP contribution in [0.25, 0.3) is 0 Å². The van der Waals surface area contributed by atoms with Crippen molar-refractivity contribution in [3.05, 3.63) is 29.1 Å². The van der Waals surface area contributed by atoms with Gasteiger partial charge in [0.15, 0.2) is 0 Å². The number of hydrogen-bond donors (Lipinski definition) is 1. The fourth-order valence-corrected chi connectivity index (χ4v) is 1.97. The zero-order chi connectivity index (χ0) is 6.97. The van der Waals surface area contributed by atoms with Gasteiger partial charge in [-0.2, -0.15) is 0 Å². The molecule has 2 rings (SSSR count). The minimum atomic E-state index is 0.737. The Morgan fingerprint density at radius 3 is 2.90 bits per heavy atom. The van der Waals surface area contributed by atoms with Crippen molar-refractivity contribution in [2.24, 2.45) is 0 Å². The maximum absolute atomic E-state index is 5.75. The Morgan fingerprint density at radius 2 is 2.10 bits per heavy atom. The van der Waals surface area contributed by atoms with Gasteiger partial charge < -0.3 is 5.32 Å². The van der Waals surface area contributed by atoms with E-state index in [0.29, 0.717) is 0 Å². The van der Waals surface area contributed by atoms with Gasteiger partial charge in [0.25, 0.3) is 0 Å². The molecule has 0 amide bonds. The number of thioether (sulfide) groups is 1. The van der Waals surface area contributed by atoms with Gasteiger partial charge in [0.1, 0.15) is 0 Å². The quantitative estimate of drug-likeness (QED) is 0.601. The highest BCUT2D eigenvalue weighted by Gasteiger charge is 2.18. The average molecular weight is 171 g/mol. The van der Waals surface area contributed by atoms with E-state index in [0.717, 1.165) is 10.5 Å². The maximum atomic E-state index is 5.75. The number of para-hydroxylation sites is 1. The van der Waals surface area contributed by atoms with E-state index in [1.165, 1.54) is 4.90 Å². The number of anilines is 1. The lowest BCUT2D eigenvalue weighted by Crippen LogP contribution is -1.89. The van der Waals surface area contributed by atoms with Crippen molar-refractivity contribution in [3.63, 3.8) is 0 Å². The molecule has 0 unspecified atom stereocenters. The van der Waals surface area contributed by atoms with E-state index in [-0.39, 0.29) is 0 Å². The van der Waals surface area contributed by atoms with E-state index in [1.54, 1.807) is 11.8 Å². The van der Waals surface area contributed by atoms with E-state index >= 15 is 0 Å². The highest BCUT2D eigenvalue weighted by atomic mass is 35.5. The molecule has 0 spiro atoms. The highest BCUT2D eigenvalue weighted by Crippen LogP contribution is 2.43. The van der Waals surface area contributed by atoms with Crippen LogP contribution >= 0.6 is 23.4 Å². The van der Waals surface area contributed by atoms with Gasteiger partial charge in [-0.3, -0.25) is 0 Å². The van der Waals surface area contributed by atoms with Crippen LogP contribution in [0.3, 0.4) is 0 Å². The van der Waals surface area contributed by atoms with Gasteiger partial charge in [0.2, 0.25) is 4.83 Å². The van der Waals surface area contributed by atoms with Gasteiger partial charge in [-0.05, 0) is 12.1 Å². The first-order valence-corrected chi connectivity index (χ1v) is 4.12. The Morgan fingerprint density at radius 1 is 1.30 bits per heavy atom. The molecule has 3 heteroatoms. The maximum Gasteiger partial charge on any atom is 0.212 e. The number of halogens is 1. The molecule has 0 atom stereocenters. The zero-order valence-electron chi connectivity index (χ0n) is 5.10. The summed E-state index contributed by atoms with van der Waals surface area (Å²) in [6.45, 7) is 0. The molecule has 1 N–H and O–H groups in total. The van der Waals surface area contributed by atoms with Crippen LogP contribution in [-0.4, -0.2) is 0 Å². The molecule has 1 heterocycles. The van der Waals surface area contributed by atoms with Crippen molar-refractivity contribution in [1.82, 2.24) is 0 Å². The van der Waals surface area contributed by atoms with Crippen molar-refractivity contribution in [3.8, 4) is 0 Å². The number of rotatable bonds is 0. The third kappa shape index (κ3) is 0.976. The molecule has 1 aliphatic heterocycles. The Kier molecular flexibility index (Phi) is 1.51. The van der Waals surface area contributed by atoms with E-state index in [2.05, 4.69) is 5.32 Å². The van der Waals surface area contributed by atoms with Crippen LogP contribution in [0.2, 0.25) is 0 Å². The van der Waals surface area contributed by atoms with Crippen molar-refractivity contribution in [2.75, 3.05) is 5.32 Å². The standard InChI is InChI=1S/C7H5ClNS/c8-7-9-5-3-1-2-4-6(5)10-7/h1-4,9H. The van der Waals surface area contributed by atoms with Crippen LogP contribution in [0, 0.1) is 4.83 Å². The molecule has 10 heavy (non-hydrogen) atoms. The molecule has 1 aromatic carbocycles. The summed E-state index contributed by atoms with van der Waals surface area (Å²) in [6, 6.07) is 8.05. The molecule has 51 valence electrons. The first-order chi connectivity index (χ1) is 4.86. The smallest absolute Gasteiger partial charge is 0.212 e. The fraction of sp³-hybridized carbons (Fsp3) is 0. The van der Waals surface area contributed by atoms with Crippen LogP contribution < -0.4 is 5.32 Å². The predicted octanol–water partition coefficient (Wildman–Crippen LogP) is 2.89. The number of nitrogens with one attached hydrogen (secondary N) is 1. The molecular formula is C7H5ClNS. The van der Waals surface area contributed by atoms with Crippen molar-refractivity contribution < 1.29 is 0 Å². The molecular weight excluding hydrogens is 166 g/mol. The van der Waals surface area contributed by atoms with E-state index in [1.807, 2.05) is 24.3 Å². The number of fused-ring (bicyclic) bond motifs is 1. The summed E-state index contributed by atoms with van der Waals surface area (Å²) >= 11 is 7.31. The molecule has 1 aliphatic rings. The summed E-state index contributed by atoms with van der Waals surface area (Å²) in [4.78, 5) is 1.94. The first kappa shape index (κ1) is 6.38. The largest absolute Gasteiger partial charge is 0.354 e. The fourth-order valence-electron chi connectivity index (χ4n) is 0.887. The van der Waals surface area contributed by atoms with Gasteiger partial charge in [-0.15, -0.1) is 0 Å². The number of hydrogen-bond acceptors (Lipinski definition) is 2. The summed E-state index contributed by atoms with van der Waals surface area (Å²) in [7, 11) is 0. The predicted molar refractivity (Wildman–Crippen MR) is 45.0 cm³/mol. The molecule has 0 fully saturated rings. The van der Waals surface area contributed by atoms with E-state index in [4.69, 9.17) is 11.6 Å². The summed E-state index contributed by atoms with van der Waals surface area (Å²) < 4.78 is 0. The minimum Gasteiger partial charge on any atom is -0.354 e. The number of benzene rings is 1. The van der Waals surface area contributed by atoms with Gasteiger partial charge in [-0.1, -0.05) is 35.5 Å². The summed E-state index contributed by atoms with van der Waals surface area (Å²) in [5, 5.41) is 3.04. The third-order valence-electron chi connectivity index (χ3n) is 1.32. The first-order valence-electron chi connectivity index (χ1n) is 2.92. The van der Waals surface area contributed by atoms with Crippen LogP contribution in [-0.2, 0) is 0 Å². The average Bonchev–Trinajstić information content (AvgIpc) is 2.27. The lowest BCUT2D eigenvalue weighted by molar-refractivity contribution is 1.45. The second kappa shape index (κ2) is 2.36. The highest BCUT2D eigenvalue weighted by molar-refractivity contribution is 8.04. The third-order valence-corrected chi connectivity index (χ3v) is 2.50. The van der Waals surface area contributed by atoms with Crippen LogP contribution in [0.5, 0.6) is 0 Å². The summed E-state index contributed by atoms with van der Waals surface area (Å²) in [5.41, 5.74) is 1.11. The topological polar surface area (TPSA) is 12.0 Å². The van der Waals surface area contributed by atoms with E-state index in [9.17, 15) is 0 Å². The molecule has 1 aromatic rings. The van der Waals surface area contributed by atoms with Crippen LogP contribution in [0.1, 0.15) is 0 Å². The van der Waals surface area contributed by atoms with Gasteiger partial charge in [-0.25, -0.2) is 0 Å². The molecule has 0 aliphatic carbocycles. The normalized spacial score (nSPS) is 16.5.